The van der Waals surface area contributed by atoms with Gasteiger partial charge < -0.3 is 5.32 Å². The molecule has 0 radical (unpaired) electrons. The van der Waals surface area contributed by atoms with Crippen molar-refractivity contribution >= 4 is 11.7 Å². The van der Waals surface area contributed by atoms with Gasteiger partial charge in [-0.3, -0.25) is 10.2 Å². The molecule has 1 fully saturated rings. The van der Waals surface area contributed by atoms with Gasteiger partial charge in [-0.25, -0.2) is 13.6 Å². The Morgan fingerprint density at radius 3 is 2.56 bits per heavy atom. The summed E-state index contributed by atoms with van der Waals surface area (Å²) in [5, 5.41) is 6.35. The van der Waals surface area contributed by atoms with Crippen molar-refractivity contribution in [3.8, 4) is 0 Å². The van der Waals surface area contributed by atoms with E-state index in [1.54, 1.807) is 12.1 Å². The van der Waals surface area contributed by atoms with Crippen LogP contribution in [0.1, 0.15) is 25.3 Å². The second kappa shape index (κ2) is 8.95. The van der Waals surface area contributed by atoms with Crippen molar-refractivity contribution < 1.29 is 13.6 Å². The summed E-state index contributed by atoms with van der Waals surface area (Å²) < 4.78 is 26.4. The summed E-state index contributed by atoms with van der Waals surface area (Å²) in [5.74, 6) is -0.130. The molecule has 2 amide bonds. The van der Waals surface area contributed by atoms with E-state index in [2.05, 4.69) is 10.6 Å². The molecule has 0 unspecified atom stereocenters. The summed E-state index contributed by atoms with van der Waals surface area (Å²) in [7, 11) is 0. The monoisotopic (exact) mass is 373 g/mol. The first-order valence-electron chi connectivity index (χ1n) is 9.36. The number of carbonyl (C=O) groups is 1. The lowest BCUT2D eigenvalue weighted by Crippen LogP contribution is -2.54. The van der Waals surface area contributed by atoms with Crippen molar-refractivity contribution in [1.29, 1.82) is 0 Å². The molecular weight excluding hydrogens is 348 g/mol. The number of anilines is 1. The fraction of sp³-hybridized carbons (Fsp3) is 0.381. The normalized spacial score (nSPS) is 19.5. The Labute approximate surface area is 158 Å². The molecule has 2 N–H and O–H groups in total. The number of hydrogen-bond donors (Lipinski definition) is 2. The van der Waals surface area contributed by atoms with E-state index < -0.39 is 0 Å². The minimum atomic E-state index is -0.363. The predicted molar refractivity (Wildman–Crippen MR) is 103 cm³/mol. The highest BCUT2D eigenvalue weighted by Gasteiger charge is 2.24. The van der Waals surface area contributed by atoms with Gasteiger partial charge in [0.2, 0.25) is 0 Å². The van der Waals surface area contributed by atoms with Gasteiger partial charge in [0, 0.05) is 18.8 Å². The van der Waals surface area contributed by atoms with E-state index in [9.17, 15) is 13.6 Å². The van der Waals surface area contributed by atoms with Crippen molar-refractivity contribution in [2.75, 3.05) is 18.0 Å². The lowest BCUT2D eigenvalue weighted by Gasteiger charge is -2.32. The molecular formula is C21H25F2N3O. The van der Waals surface area contributed by atoms with Gasteiger partial charge in [0.25, 0.3) is 0 Å². The molecule has 2 atom stereocenters. The molecule has 1 heterocycles. The summed E-state index contributed by atoms with van der Waals surface area (Å²) in [6.45, 7) is 3.10. The van der Waals surface area contributed by atoms with Crippen LogP contribution < -0.4 is 15.5 Å². The topological polar surface area (TPSA) is 44.4 Å². The van der Waals surface area contributed by atoms with Crippen LogP contribution in [-0.4, -0.2) is 25.3 Å². The highest BCUT2D eigenvalue weighted by atomic mass is 19.1. The SMILES string of the molecule is CCN(C(=O)N[C@@H]1CC[C@@H](Cc2ccc(F)cc2)CN1)c1cccc(F)c1. The second-order valence-corrected chi connectivity index (χ2v) is 6.91. The fourth-order valence-corrected chi connectivity index (χ4v) is 3.48. The molecule has 0 spiro atoms. The Hall–Kier alpha value is -2.47. The lowest BCUT2D eigenvalue weighted by atomic mass is 9.91. The van der Waals surface area contributed by atoms with Gasteiger partial charge in [0.05, 0.1) is 6.17 Å². The number of halogens is 2. The Morgan fingerprint density at radius 2 is 1.93 bits per heavy atom. The fourth-order valence-electron chi connectivity index (χ4n) is 3.48. The van der Waals surface area contributed by atoms with Gasteiger partial charge in [-0.15, -0.1) is 0 Å². The Morgan fingerprint density at radius 1 is 1.15 bits per heavy atom. The molecule has 3 rings (SSSR count). The van der Waals surface area contributed by atoms with E-state index >= 15 is 0 Å². The van der Waals surface area contributed by atoms with Crippen LogP contribution in [0.4, 0.5) is 19.3 Å². The third-order valence-corrected chi connectivity index (χ3v) is 4.93. The van der Waals surface area contributed by atoms with Crippen molar-refractivity contribution in [3.05, 3.63) is 65.7 Å². The average Bonchev–Trinajstić information content (AvgIpc) is 2.66. The lowest BCUT2D eigenvalue weighted by molar-refractivity contribution is 0.228. The highest BCUT2D eigenvalue weighted by molar-refractivity contribution is 5.92. The van der Waals surface area contributed by atoms with Gasteiger partial charge in [0.15, 0.2) is 0 Å². The van der Waals surface area contributed by atoms with Gasteiger partial charge in [-0.1, -0.05) is 18.2 Å². The van der Waals surface area contributed by atoms with E-state index in [1.807, 2.05) is 19.1 Å². The molecule has 4 nitrogen and oxygen atoms in total. The maximum atomic E-state index is 13.4. The second-order valence-electron chi connectivity index (χ2n) is 6.91. The summed E-state index contributed by atoms with van der Waals surface area (Å²) in [6.07, 6.45) is 2.57. The van der Waals surface area contributed by atoms with Crippen LogP contribution in [-0.2, 0) is 6.42 Å². The molecule has 27 heavy (non-hydrogen) atoms. The molecule has 0 saturated carbocycles. The van der Waals surface area contributed by atoms with Crippen LogP contribution in [0.25, 0.3) is 0 Å². The first-order chi connectivity index (χ1) is 13.0. The van der Waals surface area contributed by atoms with Crippen LogP contribution in [0.15, 0.2) is 48.5 Å². The van der Waals surface area contributed by atoms with Crippen LogP contribution in [0.3, 0.4) is 0 Å². The number of nitrogens with zero attached hydrogens (tertiary/aromatic N) is 1. The number of hydrogen-bond acceptors (Lipinski definition) is 2. The predicted octanol–water partition coefficient (Wildman–Crippen LogP) is 4.07. The van der Waals surface area contributed by atoms with E-state index in [-0.39, 0.29) is 23.8 Å². The van der Waals surface area contributed by atoms with E-state index in [0.717, 1.165) is 31.4 Å². The maximum Gasteiger partial charge on any atom is 0.323 e. The number of benzene rings is 2. The molecule has 6 heteroatoms. The number of piperidine rings is 1. The summed E-state index contributed by atoms with van der Waals surface area (Å²) in [5.41, 5.74) is 1.66. The molecule has 0 bridgehead atoms. The first kappa shape index (κ1) is 19.3. The van der Waals surface area contributed by atoms with Crippen LogP contribution in [0, 0.1) is 17.6 Å². The number of urea groups is 1. The van der Waals surface area contributed by atoms with Crippen molar-refractivity contribution in [2.45, 2.75) is 32.4 Å². The number of carbonyl (C=O) groups excluding carboxylic acids is 1. The van der Waals surface area contributed by atoms with Crippen molar-refractivity contribution in [2.24, 2.45) is 5.92 Å². The van der Waals surface area contributed by atoms with Crippen LogP contribution >= 0.6 is 0 Å². The van der Waals surface area contributed by atoms with Crippen LogP contribution in [0.2, 0.25) is 0 Å². The van der Waals surface area contributed by atoms with Gasteiger partial charge in [0.1, 0.15) is 11.6 Å². The molecule has 1 aliphatic rings. The van der Waals surface area contributed by atoms with Gasteiger partial charge >= 0.3 is 6.03 Å². The zero-order chi connectivity index (χ0) is 19.2. The summed E-state index contributed by atoms with van der Waals surface area (Å²) in [6, 6.07) is 12.4. The molecule has 144 valence electrons. The molecule has 1 saturated heterocycles. The summed E-state index contributed by atoms with van der Waals surface area (Å²) in [4.78, 5) is 14.1. The van der Waals surface area contributed by atoms with Gasteiger partial charge in [-0.05, 0) is 68.0 Å². The first-order valence-corrected chi connectivity index (χ1v) is 9.36. The molecule has 2 aromatic rings. The number of rotatable bonds is 5. The molecule has 1 aliphatic heterocycles. The third-order valence-electron chi connectivity index (χ3n) is 4.93. The van der Waals surface area contributed by atoms with Crippen molar-refractivity contribution in [1.82, 2.24) is 10.6 Å². The highest BCUT2D eigenvalue weighted by Crippen LogP contribution is 2.20. The minimum absolute atomic E-state index is 0.107. The molecule has 0 aromatic heterocycles. The smallest absolute Gasteiger partial charge is 0.322 e. The summed E-state index contributed by atoms with van der Waals surface area (Å²) >= 11 is 0. The number of nitrogens with one attached hydrogen (secondary N) is 2. The number of amides is 2. The quantitative estimate of drug-likeness (QED) is 0.830. The zero-order valence-electron chi connectivity index (χ0n) is 15.4. The maximum absolute atomic E-state index is 13.4. The van der Waals surface area contributed by atoms with Gasteiger partial charge in [-0.2, -0.15) is 0 Å². The van der Waals surface area contributed by atoms with E-state index in [4.69, 9.17) is 0 Å². The van der Waals surface area contributed by atoms with Crippen LogP contribution in [0.5, 0.6) is 0 Å². The third kappa shape index (κ3) is 5.26. The minimum Gasteiger partial charge on any atom is -0.322 e. The van der Waals surface area contributed by atoms with E-state index in [0.29, 0.717) is 18.2 Å². The average molecular weight is 373 g/mol. The standard InChI is InChI=1S/C21H25F2N3O/c1-2-26(19-5-3-4-18(23)13-19)21(27)25-20-11-8-16(14-24-20)12-15-6-9-17(22)10-7-15/h3-7,9-10,13,16,20,24H,2,8,11-12,14H2,1H3,(H,25,27)/t16-,20+/m0/s1. The van der Waals surface area contributed by atoms with E-state index in [1.165, 1.54) is 29.2 Å². The van der Waals surface area contributed by atoms with Crippen molar-refractivity contribution in [3.63, 3.8) is 0 Å². The Balaban J connectivity index is 1.50. The Bertz CT molecular complexity index is 758. The molecule has 0 aliphatic carbocycles. The largest absolute Gasteiger partial charge is 0.323 e. The zero-order valence-corrected chi connectivity index (χ0v) is 15.4. The molecule has 2 aromatic carbocycles. The Kier molecular flexibility index (Phi) is 6.40.